The van der Waals surface area contributed by atoms with Gasteiger partial charge < -0.3 is 5.73 Å². The standard InChI is InChI=1S/C8H12N2/c1-6-3-7(2)10-5-8(6)4-9/h3,5H,4,9H2,1-2H3. The summed E-state index contributed by atoms with van der Waals surface area (Å²) in [5.74, 6) is 0. The predicted octanol–water partition coefficient (Wildman–Crippen LogP) is 1.16. The lowest BCUT2D eigenvalue weighted by Gasteiger charge is -2.01. The summed E-state index contributed by atoms with van der Waals surface area (Å²) in [4.78, 5) is 4.13. The van der Waals surface area contributed by atoms with E-state index in [1.807, 2.05) is 19.2 Å². The zero-order chi connectivity index (χ0) is 7.56. The molecule has 0 saturated heterocycles. The Hall–Kier alpha value is -0.890. The maximum Gasteiger partial charge on any atom is 0.0375 e. The van der Waals surface area contributed by atoms with E-state index in [9.17, 15) is 0 Å². The lowest BCUT2D eigenvalue weighted by atomic mass is 10.1. The number of aryl methyl sites for hydroxylation is 2. The number of aromatic nitrogens is 1. The third-order valence-corrected chi connectivity index (χ3v) is 1.58. The van der Waals surface area contributed by atoms with Crippen LogP contribution < -0.4 is 5.73 Å². The molecule has 2 N–H and O–H groups in total. The molecule has 0 bridgehead atoms. The fraction of sp³-hybridized carbons (Fsp3) is 0.375. The molecule has 54 valence electrons. The molecule has 0 spiro atoms. The summed E-state index contributed by atoms with van der Waals surface area (Å²) >= 11 is 0. The molecule has 1 heterocycles. The number of hydrogen-bond acceptors (Lipinski definition) is 2. The number of nitrogens with zero attached hydrogens (tertiary/aromatic N) is 1. The molecule has 2 nitrogen and oxygen atoms in total. The van der Waals surface area contributed by atoms with Gasteiger partial charge in [-0.15, -0.1) is 0 Å². The molecule has 0 unspecified atom stereocenters. The van der Waals surface area contributed by atoms with Gasteiger partial charge in [0.05, 0.1) is 0 Å². The van der Waals surface area contributed by atoms with E-state index in [-0.39, 0.29) is 0 Å². The van der Waals surface area contributed by atoms with Crippen LogP contribution in [0.2, 0.25) is 0 Å². The summed E-state index contributed by atoms with van der Waals surface area (Å²) < 4.78 is 0. The first-order chi connectivity index (χ1) is 4.74. The van der Waals surface area contributed by atoms with E-state index in [0.29, 0.717) is 6.54 Å². The van der Waals surface area contributed by atoms with Crippen molar-refractivity contribution in [3.05, 3.63) is 29.1 Å². The molecular weight excluding hydrogens is 124 g/mol. The second kappa shape index (κ2) is 2.80. The second-order valence-corrected chi connectivity index (χ2v) is 2.46. The van der Waals surface area contributed by atoms with Crippen LogP contribution in [0.1, 0.15) is 16.8 Å². The monoisotopic (exact) mass is 136 g/mol. The second-order valence-electron chi connectivity index (χ2n) is 2.46. The van der Waals surface area contributed by atoms with Crippen molar-refractivity contribution in [2.24, 2.45) is 5.73 Å². The van der Waals surface area contributed by atoms with Gasteiger partial charge in [0.25, 0.3) is 0 Å². The topological polar surface area (TPSA) is 38.9 Å². The average Bonchev–Trinajstić information content (AvgIpc) is 1.88. The fourth-order valence-electron chi connectivity index (χ4n) is 0.939. The Morgan fingerprint density at radius 3 is 2.70 bits per heavy atom. The largest absolute Gasteiger partial charge is 0.326 e. The van der Waals surface area contributed by atoms with Crippen molar-refractivity contribution < 1.29 is 0 Å². The number of pyridine rings is 1. The van der Waals surface area contributed by atoms with Crippen molar-refractivity contribution in [1.29, 1.82) is 0 Å². The lowest BCUT2D eigenvalue weighted by molar-refractivity contribution is 1.01. The Labute approximate surface area is 61.1 Å². The smallest absolute Gasteiger partial charge is 0.0375 e. The molecule has 0 saturated carbocycles. The average molecular weight is 136 g/mol. The lowest BCUT2D eigenvalue weighted by Crippen LogP contribution is -2.00. The number of hydrogen-bond donors (Lipinski definition) is 1. The molecule has 0 aliphatic heterocycles. The van der Waals surface area contributed by atoms with Crippen molar-refractivity contribution in [2.45, 2.75) is 20.4 Å². The first-order valence-corrected chi connectivity index (χ1v) is 3.36. The third kappa shape index (κ3) is 1.33. The molecule has 1 aromatic heterocycles. The van der Waals surface area contributed by atoms with Crippen LogP contribution >= 0.6 is 0 Å². The molecule has 2 heteroatoms. The minimum Gasteiger partial charge on any atom is -0.326 e. The zero-order valence-corrected chi connectivity index (χ0v) is 6.39. The van der Waals surface area contributed by atoms with E-state index in [1.54, 1.807) is 0 Å². The van der Waals surface area contributed by atoms with Gasteiger partial charge in [0.15, 0.2) is 0 Å². The highest BCUT2D eigenvalue weighted by atomic mass is 14.7. The van der Waals surface area contributed by atoms with E-state index in [4.69, 9.17) is 5.73 Å². The van der Waals surface area contributed by atoms with Gasteiger partial charge in [-0.3, -0.25) is 4.98 Å². The Bertz CT molecular complexity index is 231. The molecule has 0 aromatic carbocycles. The Morgan fingerprint density at radius 2 is 2.20 bits per heavy atom. The summed E-state index contributed by atoms with van der Waals surface area (Å²) in [7, 11) is 0. The van der Waals surface area contributed by atoms with Crippen molar-refractivity contribution >= 4 is 0 Å². The van der Waals surface area contributed by atoms with Crippen molar-refractivity contribution in [3.63, 3.8) is 0 Å². The minimum absolute atomic E-state index is 0.582. The zero-order valence-electron chi connectivity index (χ0n) is 6.39. The van der Waals surface area contributed by atoms with Crippen molar-refractivity contribution in [1.82, 2.24) is 4.98 Å². The molecule has 0 atom stereocenters. The van der Waals surface area contributed by atoms with Crippen LogP contribution in [0.25, 0.3) is 0 Å². The van der Waals surface area contributed by atoms with Gasteiger partial charge in [-0.25, -0.2) is 0 Å². The van der Waals surface area contributed by atoms with Crippen molar-refractivity contribution in [2.75, 3.05) is 0 Å². The quantitative estimate of drug-likeness (QED) is 0.629. The highest BCUT2D eigenvalue weighted by Crippen LogP contribution is 2.05. The maximum atomic E-state index is 5.46. The van der Waals surface area contributed by atoms with E-state index < -0.39 is 0 Å². The van der Waals surface area contributed by atoms with Crippen molar-refractivity contribution in [3.8, 4) is 0 Å². The van der Waals surface area contributed by atoms with Crippen LogP contribution in [0.5, 0.6) is 0 Å². The summed E-state index contributed by atoms with van der Waals surface area (Å²) in [5, 5.41) is 0. The molecule has 1 rings (SSSR count). The van der Waals surface area contributed by atoms with Crippen LogP contribution in [0.4, 0.5) is 0 Å². The predicted molar refractivity (Wildman–Crippen MR) is 41.6 cm³/mol. The van der Waals surface area contributed by atoms with Gasteiger partial charge in [-0.05, 0) is 31.0 Å². The summed E-state index contributed by atoms with van der Waals surface area (Å²) in [6.07, 6.45) is 1.84. The van der Waals surface area contributed by atoms with Crippen LogP contribution in [0, 0.1) is 13.8 Å². The molecule has 10 heavy (non-hydrogen) atoms. The maximum absolute atomic E-state index is 5.46. The van der Waals surface area contributed by atoms with E-state index in [2.05, 4.69) is 11.9 Å². The van der Waals surface area contributed by atoms with E-state index in [0.717, 1.165) is 11.3 Å². The highest BCUT2D eigenvalue weighted by Gasteiger charge is 1.94. The molecule has 1 aromatic rings. The first-order valence-electron chi connectivity index (χ1n) is 3.36. The minimum atomic E-state index is 0.582. The molecule has 0 aliphatic carbocycles. The van der Waals surface area contributed by atoms with Gasteiger partial charge in [0, 0.05) is 18.4 Å². The van der Waals surface area contributed by atoms with Gasteiger partial charge in [-0.1, -0.05) is 0 Å². The highest BCUT2D eigenvalue weighted by molar-refractivity contribution is 5.24. The van der Waals surface area contributed by atoms with Gasteiger partial charge >= 0.3 is 0 Å². The Balaban J connectivity index is 3.07. The van der Waals surface area contributed by atoms with Crippen LogP contribution in [-0.4, -0.2) is 4.98 Å². The molecule has 0 amide bonds. The molecule has 0 radical (unpaired) electrons. The van der Waals surface area contributed by atoms with E-state index >= 15 is 0 Å². The summed E-state index contributed by atoms with van der Waals surface area (Å²) in [5.41, 5.74) is 8.87. The molecule has 0 aliphatic rings. The van der Waals surface area contributed by atoms with Gasteiger partial charge in [0.1, 0.15) is 0 Å². The van der Waals surface area contributed by atoms with Gasteiger partial charge in [0.2, 0.25) is 0 Å². The number of rotatable bonds is 1. The Kier molecular flexibility index (Phi) is 2.02. The summed E-state index contributed by atoms with van der Waals surface area (Å²) in [6, 6.07) is 2.04. The fourth-order valence-corrected chi connectivity index (χ4v) is 0.939. The van der Waals surface area contributed by atoms with Gasteiger partial charge in [-0.2, -0.15) is 0 Å². The number of nitrogens with two attached hydrogens (primary N) is 1. The third-order valence-electron chi connectivity index (χ3n) is 1.58. The SMILES string of the molecule is Cc1cc(C)c(CN)cn1. The Morgan fingerprint density at radius 1 is 1.50 bits per heavy atom. The summed E-state index contributed by atoms with van der Waals surface area (Å²) in [6.45, 7) is 4.61. The van der Waals surface area contributed by atoms with Crippen LogP contribution in [0.15, 0.2) is 12.3 Å². The van der Waals surface area contributed by atoms with Crippen LogP contribution in [-0.2, 0) is 6.54 Å². The first kappa shape index (κ1) is 7.22. The van der Waals surface area contributed by atoms with E-state index in [1.165, 1.54) is 5.56 Å². The molecular formula is C8H12N2. The normalized spacial score (nSPS) is 9.90. The van der Waals surface area contributed by atoms with Crippen LogP contribution in [0.3, 0.4) is 0 Å². The molecule has 0 fully saturated rings.